The maximum Gasteiger partial charge on any atom is 0.0382 e. The van der Waals surface area contributed by atoms with Crippen LogP contribution < -0.4 is 5.32 Å². The predicted molar refractivity (Wildman–Crippen MR) is 133 cm³/mol. The van der Waals surface area contributed by atoms with E-state index in [-0.39, 0.29) is 5.41 Å². The fourth-order valence-electron chi connectivity index (χ4n) is 3.53. The van der Waals surface area contributed by atoms with Gasteiger partial charge in [-0.1, -0.05) is 101 Å². The first-order valence-electron chi connectivity index (χ1n) is 10.8. The van der Waals surface area contributed by atoms with E-state index in [0.29, 0.717) is 0 Å². The summed E-state index contributed by atoms with van der Waals surface area (Å²) in [6, 6.07) is 27.9. The summed E-state index contributed by atoms with van der Waals surface area (Å²) in [5.41, 5.74) is 8.73. The minimum atomic E-state index is 0.148. The summed E-state index contributed by atoms with van der Waals surface area (Å²) < 4.78 is 0. The molecule has 0 aromatic heterocycles. The summed E-state index contributed by atoms with van der Waals surface area (Å²) in [4.78, 5) is 0. The highest BCUT2D eigenvalue weighted by atomic mass is 14.9. The van der Waals surface area contributed by atoms with Gasteiger partial charge in [-0.25, -0.2) is 0 Å². The third-order valence-corrected chi connectivity index (χ3v) is 5.21. The Morgan fingerprint density at radius 2 is 1.20 bits per heavy atom. The maximum atomic E-state index is 3.53. The van der Waals surface area contributed by atoms with E-state index in [0.717, 1.165) is 17.8 Å². The second kappa shape index (κ2) is 9.63. The van der Waals surface area contributed by atoms with E-state index < -0.39 is 0 Å². The fourth-order valence-corrected chi connectivity index (χ4v) is 3.53. The van der Waals surface area contributed by atoms with Crippen LogP contribution in [-0.2, 0) is 0 Å². The summed E-state index contributed by atoms with van der Waals surface area (Å²) in [6.45, 7) is 11.1. The van der Waals surface area contributed by atoms with Crippen LogP contribution in [0.2, 0.25) is 0 Å². The van der Waals surface area contributed by atoms with Gasteiger partial charge in [-0.05, 0) is 64.8 Å². The number of hydrogen-bond donors (Lipinski definition) is 1. The van der Waals surface area contributed by atoms with Crippen molar-refractivity contribution in [2.24, 2.45) is 5.41 Å². The van der Waals surface area contributed by atoms with Gasteiger partial charge in [0.15, 0.2) is 0 Å². The standard InChI is InChI=1S/C29H33N/c1-6-10-27(29(3,4)5)21-22(2)30-28-19-17-26(18-20-28)25-15-13-24(14-16-25)23-11-8-7-9-12-23/h7-21,30H,6H2,1-5H3/b22-21+,27-10+. The van der Waals surface area contributed by atoms with E-state index in [9.17, 15) is 0 Å². The summed E-state index contributed by atoms with van der Waals surface area (Å²) in [7, 11) is 0. The lowest BCUT2D eigenvalue weighted by Crippen LogP contribution is -2.09. The molecule has 0 aliphatic carbocycles. The van der Waals surface area contributed by atoms with Gasteiger partial charge >= 0.3 is 0 Å². The second-order valence-corrected chi connectivity index (χ2v) is 8.79. The monoisotopic (exact) mass is 395 g/mol. The van der Waals surface area contributed by atoms with Crippen LogP contribution in [0.15, 0.2) is 102 Å². The van der Waals surface area contributed by atoms with Gasteiger partial charge in [0, 0.05) is 11.4 Å². The third kappa shape index (κ3) is 5.73. The van der Waals surface area contributed by atoms with Crippen molar-refractivity contribution in [3.63, 3.8) is 0 Å². The molecule has 3 aromatic carbocycles. The quantitative estimate of drug-likeness (QED) is 0.411. The Labute approximate surface area is 182 Å². The first-order chi connectivity index (χ1) is 14.4. The largest absolute Gasteiger partial charge is 0.359 e. The Balaban J connectivity index is 1.72. The molecule has 3 aromatic rings. The summed E-state index contributed by atoms with van der Waals surface area (Å²) in [5.74, 6) is 0. The van der Waals surface area contributed by atoms with Crippen molar-refractivity contribution in [1.29, 1.82) is 0 Å². The van der Waals surface area contributed by atoms with Gasteiger partial charge in [-0.15, -0.1) is 0 Å². The van der Waals surface area contributed by atoms with Crippen LogP contribution in [0.25, 0.3) is 22.3 Å². The molecule has 0 heterocycles. The van der Waals surface area contributed by atoms with Gasteiger partial charge in [-0.3, -0.25) is 0 Å². The molecule has 0 fully saturated rings. The fraction of sp³-hybridized carbons (Fsp3) is 0.241. The second-order valence-electron chi connectivity index (χ2n) is 8.79. The highest BCUT2D eigenvalue weighted by Crippen LogP contribution is 2.29. The van der Waals surface area contributed by atoms with Gasteiger partial charge in [0.1, 0.15) is 0 Å². The van der Waals surface area contributed by atoms with Crippen molar-refractivity contribution in [1.82, 2.24) is 0 Å². The zero-order valence-electron chi connectivity index (χ0n) is 18.9. The van der Waals surface area contributed by atoms with E-state index in [1.165, 1.54) is 27.8 Å². The average Bonchev–Trinajstić information content (AvgIpc) is 2.74. The number of nitrogens with one attached hydrogen (secondary N) is 1. The number of hydrogen-bond acceptors (Lipinski definition) is 1. The smallest absolute Gasteiger partial charge is 0.0382 e. The van der Waals surface area contributed by atoms with Crippen molar-refractivity contribution in [3.05, 3.63) is 102 Å². The topological polar surface area (TPSA) is 12.0 Å². The Morgan fingerprint density at radius 3 is 1.67 bits per heavy atom. The number of benzene rings is 3. The molecule has 0 bridgehead atoms. The van der Waals surface area contributed by atoms with E-state index in [2.05, 4.69) is 125 Å². The molecule has 1 heteroatoms. The van der Waals surface area contributed by atoms with E-state index >= 15 is 0 Å². The maximum absolute atomic E-state index is 3.53. The van der Waals surface area contributed by atoms with Crippen LogP contribution in [0, 0.1) is 5.41 Å². The van der Waals surface area contributed by atoms with Gasteiger partial charge in [0.2, 0.25) is 0 Å². The molecular weight excluding hydrogens is 362 g/mol. The van der Waals surface area contributed by atoms with Gasteiger partial charge < -0.3 is 5.32 Å². The SMILES string of the molecule is CC/C=C(\C=C(/C)Nc1ccc(-c2ccc(-c3ccccc3)cc2)cc1)C(C)(C)C. The molecule has 0 amide bonds. The minimum Gasteiger partial charge on any atom is -0.359 e. The Kier molecular flexibility index (Phi) is 6.95. The molecule has 0 unspecified atom stereocenters. The summed E-state index contributed by atoms with van der Waals surface area (Å²) in [6.07, 6.45) is 5.63. The van der Waals surface area contributed by atoms with Gasteiger partial charge in [0.25, 0.3) is 0 Å². The van der Waals surface area contributed by atoms with Gasteiger partial charge in [-0.2, -0.15) is 0 Å². The summed E-state index contributed by atoms with van der Waals surface area (Å²) >= 11 is 0. The molecule has 0 aliphatic rings. The molecule has 0 radical (unpaired) electrons. The molecule has 30 heavy (non-hydrogen) atoms. The number of anilines is 1. The molecule has 0 atom stereocenters. The first-order valence-corrected chi connectivity index (χ1v) is 10.8. The number of rotatable bonds is 6. The average molecular weight is 396 g/mol. The lowest BCUT2D eigenvalue weighted by molar-refractivity contribution is 0.514. The van der Waals surface area contributed by atoms with Crippen LogP contribution in [0.3, 0.4) is 0 Å². The van der Waals surface area contributed by atoms with E-state index in [1.807, 2.05) is 6.07 Å². The molecule has 3 rings (SSSR count). The van der Waals surface area contributed by atoms with Crippen molar-refractivity contribution >= 4 is 5.69 Å². The molecule has 0 saturated heterocycles. The lowest BCUT2D eigenvalue weighted by Gasteiger charge is -2.21. The minimum absolute atomic E-state index is 0.148. The Hall–Kier alpha value is -3.06. The number of allylic oxidation sites excluding steroid dienone is 4. The normalized spacial score (nSPS) is 12.7. The van der Waals surface area contributed by atoms with Crippen molar-refractivity contribution in [2.45, 2.75) is 41.0 Å². The third-order valence-electron chi connectivity index (χ3n) is 5.21. The lowest BCUT2D eigenvalue weighted by atomic mass is 9.85. The highest BCUT2D eigenvalue weighted by Gasteiger charge is 2.14. The van der Waals surface area contributed by atoms with Crippen LogP contribution in [0.5, 0.6) is 0 Å². The van der Waals surface area contributed by atoms with Crippen LogP contribution in [0.1, 0.15) is 41.0 Å². The van der Waals surface area contributed by atoms with Crippen LogP contribution in [0.4, 0.5) is 5.69 Å². The molecule has 0 spiro atoms. The molecule has 154 valence electrons. The van der Waals surface area contributed by atoms with Crippen molar-refractivity contribution < 1.29 is 0 Å². The molecule has 1 N–H and O–H groups in total. The zero-order chi connectivity index (χ0) is 21.6. The Bertz CT molecular complexity index is 999. The zero-order valence-corrected chi connectivity index (χ0v) is 18.9. The van der Waals surface area contributed by atoms with Crippen LogP contribution >= 0.6 is 0 Å². The van der Waals surface area contributed by atoms with Crippen LogP contribution in [-0.4, -0.2) is 0 Å². The molecule has 0 saturated carbocycles. The molecule has 0 aliphatic heterocycles. The van der Waals surface area contributed by atoms with Crippen molar-refractivity contribution in [2.75, 3.05) is 5.32 Å². The predicted octanol–water partition coefficient (Wildman–Crippen LogP) is 8.72. The summed E-state index contributed by atoms with van der Waals surface area (Å²) in [5, 5.41) is 3.53. The van der Waals surface area contributed by atoms with Gasteiger partial charge in [0.05, 0.1) is 0 Å². The van der Waals surface area contributed by atoms with Crippen molar-refractivity contribution in [3.8, 4) is 22.3 Å². The van der Waals surface area contributed by atoms with E-state index in [1.54, 1.807) is 0 Å². The first kappa shape index (κ1) is 21.6. The highest BCUT2D eigenvalue weighted by molar-refractivity contribution is 5.71. The molecular formula is C29H33N. The molecule has 1 nitrogen and oxygen atoms in total. The van der Waals surface area contributed by atoms with E-state index in [4.69, 9.17) is 0 Å². The Morgan fingerprint density at radius 1 is 0.733 bits per heavy atom.